The Morgan fingerprint density at radius 2 is 1.82 bits per heavy atom. The summed E-state index contributed by atoms with van der Waals surface area (Å²) >= 11 is 0. The van der Waals surface area contributed by atoms with E-state index in [1.807, 2.05) is 36.4 Å². The number of benzene rings is 2. The first-order valence-corrected chi connectivity index (χ1v) is 5.15. The fourth-order valence-electron chi connectivity index (χ4n) is 1.57. The molecule has 0 fully saturated rings. The van der Waals surface area contributed by atoms with Gasteiger partial charge in [-0.25, -0.2) is 4.79 Å². The second kappa shape index (κ2) is 4.70. The first-order valence-electron chi connectivity index (χ1n) is 5.15. The molecule has 0 atom stereocenters. The first kappa shape index (κ1) is 11.2. The van der Waals surface area contributed by atoms with Crippen molar-refractivity contribution in [2.75, 3.05) is 7.11 Å². The SMILES string of the molecule is C=C(Oc1cccc2ccccc12)C(=O)OC. The molecule has 2 aromatic rings. The molecule has 0 saturated heterocycles. The molecule has 0 aliphatic carbocycles. The zero-order valence-electron chi connectivity index (χ0n) is 9.47. The highest BCUT2D eigenvalue weighted by Gasteiger charge is 2.10. The van der Waals surface area contributed by atoms with Gasteiger partial charge in [-0.05, 0) is 18.0 Å². The zero-order valence-corrected chi connectivity index (χ0v) is 9.47. The van der Waals surface area contributed by atoms with Crippen molar-refractivity contribution >= 4 is 16.7 Å². The lowest BCUT2D eigenvalue weighted by Crippen LogP contribution is -2.09. The Hall–Kier alpha value is -2.29. The number of hydrogen-bond donors (Lipinski definition) is 0. The van der Waals surface area contributed by atoms with Gasteiger partial charge in [-0.1, -0.05) is 36.4 Å². The first-order chi connectivity index (χ1) is 8.22. The van der Waals surface area contributed by atoms with E-state index >= 15 is 0 Å². The van der Waals surface area contributed by atoms with Crippen molar-refractivity contribution in [1.29, 1.82) is 0 Å². The summed E-state index contributed by atoms with van der Waals surface area (Å²) in [6.07, 6.45) is 0. The van der Waals surface area contributed by atoms with Crippen molar-refractivity contribution in [3.63, 3.8) is 0 Å². The molecule has 2 aromatic carbocycles. The molecular formula is C14H12O3. The Bertz CT molecular complexity index is 567. The van der Waals surface area contributed by atoms with Crippen LogP contribution in [0, 0.1) is 0 Å². The van der Waals surface area contributed by atoms with Crippen molar-refractivity contribution in [2.45, 2.75) is 0 Å². The number of carbonyl (C=O) groups is 1. The molecule has 3 heteroatoms. The molecule has 0 amide bonds. The molecule has 0 aromatic heterocycles. The van der Waals surface area contributed by atoms with E-state index in [2.05, 4.69) is 11.3 Å². The minimum atomic E-state index is -0.571. The average Bonchev–Trinajstić information content (AvgIpc) is 2.38. The van der Waals surface area contributed by atoms with Crippen LogP contribution in [0.25, 0.3) is 10.8 Å². The fraction of sp³-hybridized carbons (Fsp3) is 0.0714. The molecule has 0 N–H and O–H groups in total. The Morgan fingerprint density at radius 3 is 2.59 bits per heavy atom. The number of carbonyl (C=O) groups excluding carboxylic acids is 1. The van der Waals surface area contributed by atoms with Gasteiger partial charge in [0.1, 0.15) is 5.75 Å². The van der Waals surface area contributed by atoms with Crippen LogP contribution in [0.2, 0.25) is 0 Å². The highest BCUT2D eigenvalue weighted by Crippen LogP contribution is 2.26. The minimum Gasteiger partial charge on any atom is -0.463 e. The van der Waals surface area contributed by atoms with Gasteiger partial charge in [-0.3, -0.25) is 0 Å². The summed E-state index contributed by atoms with van der Waals surface area (Å²) < 4.78 is 9.94. The van der Waals surface area contributed by atoms with E-state index in [0.29, 0.717) is 5.75 Å². The van der Waals surface area contributed by atoms with E-state index < -0.39 is 5.97 Å². The summed E-state index contributed by atoms with van der Waals surface area (Å²) in [5.74, 6) is 0.000266. The van der Waals surface area contributed by atoms with E-state index in [9.17, 15) is 4.79 Å². The largest absolute Gasteiger partial charge is 0.463 e. The second-order valence-electron chi connectivity index (χ2n) is 3.49. The Labute approximate surface area is 99.3 Å². The third-order valence-corrected chi connectivity index (χ3v) is 2.40. The summed E-state index contributed by atoms with van der Waals surface area (Å²) in [7, 11) is 1.29. The van der Waals surface area contributed by atoms with Gasteiger partial charge in [-0.15, -0.1) is 0 Å². The summed E-state index contributed by atoms with van der Waals surface area (Å²) in [5, 5.41) is 1.97. The number of fused-ring (bicyclic) bond motifs is 1. The van der Waals surface area contributed by atoms with Gasteiger partial charge < -0.3 is 9.47 Å². The van der Waals surface area contributed by atoms with Gasteiger partial charge in [-0.2, -0.15) is 0 Å². The maximum atomic E-state index is 11.2. The molecule has 0 radical (unpaired) electrons. The molecule has 0 aliphatic heterocycles. The van der Waals surface area contributed by atoms with E-state index in [1.165, 1.54) is 7.11 Å². The van der Waals surface area contributed by atoms with Crippen molar-refractivity contribution < 1.29 is 14.3 Å². The number of methoxy groups -OCH3 is 1. The third-order valence-electron chi connectivity index (χ3n) is 2.40. The molecule has 0 spiro atoms. The van der Waals surface area contributed by atoms with Crippen molar-refractivity contribution in [2.24, 2.45) is 0 Å². The van der Waals surface area contributed by atoms with Gasteiger partial charge in [0.25, 0.3) is 0 Å². The fourth-order valence-corrected chi connectivity index (χ4v) is 1.57. The second-order valence-corrected chi connectivity index (χ2v) is 3.49. The van der Waals surface area contributed by atoms with Gasteiger partial charge >= 0.3 is 5.97 Å². The third kappa shape index (κ3) is 2.28. The summed E-state index contributed by atoms with van der Waals surface area (Å²) in [5.41, 5.74) is 0. The molecule has 17 heavy (non-hydrogen) atoms. The minimum absolute atomic E-state index is 0.0242. The maximum Gasteiger partial charge on any atom is 0.373 e. The maximum absolute atomic E-state index is 11.2. The standard InChI is InChI=1S/C14H12O3/c1-10(14(15)16-2)17-13-9-5-7-11-6-3-4-8-12(11)13/h3-9H,1H2,2H3. The molecule has 0 aliphatic rings. The summed E-state index contributed by atoms with van der Waals surface area (Å²) in [4.78, 5) is 11.2. The molecule has 2 rings (SSSR count). The lowest BCUT2D eigenvalue weighted by molar-refractivity contribution is -0.138. The van der Waals surface area contributed by atoms with Gasteiger partial charge in [0.2, 0.25) is 5.76 Å². The highest BCUT2D eigenvalue weighted by atomic mass is 16.6. The smallest absolute Gasteiger partial charge is 0.373 e. The Balaban J connectivity index is 2.36. The lowest BCUT2D eigenvalue weighted by atomic mass is 10.1. The van der Waals surface area contributed by atoms with Gasteiger partial charge in [0.15, 0.2) is 0 Å². The molecule has 0 unspecified atom stereocenters. The summed E-state index contributed by atoms with van der Waals surface area (Å²) in [6.45, 7) is 3.53. The average molecular weight is 228 g/mol. The van der Waals surface area contributed by atoms with Crippen LogP contribution in [0.5, 0.6) is 5.75 Å². The van der Waals surface area contributed by atoms with Crippen LogP contribution < -0.4 is 4.74 Å². The molecule has 0 saturated carbocycles. The number of rotatable bonds is 3. The Kier molecular flexibility index (Phi) is 3.10. The quantitative estimate of drug-likeness (QED) is 0.460. The molecule has 3 nitrogen and oxygen atoms in total. The molecular weight excluding hydrogens is 216 g/mol. The molecule has 0 heterocycles. The van der Waals surface area contributed by atoms with Crippen LogP contribution in [0.3, 0.4) is 0 Å². The van der Waals surface area contributed by atoms with Crippen LogP contribution in [-0.2, 0) is 9.53 Å². The number of ether oxygens (including phenoxy) is 2. The van der Waals surface area contributed by atoms with E-state index in [-0.39, 0.29) is 5.76 Å². The predicted octanol–water partition coefficient (Wildman–Crippen LogP) is 2.91. The van der Waals surface area contributed by atoms with Gasteiger partial charge in [0, 0.05) is 5.39 Å². The van der Waals surface area contributed by atoms with Crippen molar-refractivity contribution in [3.05, 3.63) is 54.8 Å². The van der Waals surface area contributed by atoms with E-state index in [4.69, 9.17) is 4.74 Å². The normalized spacial score (nSPS) is 9.94. The Morgan fingerprint density at radius 1 is 1.12 bits per heavy atom. The zero-order chi connectivity index (χ0) is 12.3. The van der Waals surface area contributed by atoms with Crippen LogP contribution in [0.4, 0.5) is 0 Å². The number of esters is 1. The predicted molar refractivity (Wildman–Crippen MR) is 65.7 cm³/mol. The van der Waals surface area contributed by atoms with Crippen LogP contribution in [-0.4, -0.2) is 13.1 Å². The highest BCUT2D eigenvalue weighted by molar-refractivity contribution is 5.90. The van der Waals surface area contributed by atoms with Crippen molar-refractivity contribution in [3.8, 4) is 5.75 Å². The topological polar surface area (TPSA) is 35.5 Å². The van der Waals surface area contributed by atoms with Crippen LogP contribution >= 0.6 is 0 Å². The summed E-state index contributed by atoms with van der Waals surface area (Å²) in [6, 6.07) is 13.4. The molecule has 0 bridgehead atoms. The van der Waals surface area contributed by atoms with Gasteiger partial charge in [0.05, 0.1) is 7.11 Å². The van der Waals surface area contributed by atoms with E-state index in [1.54, 1.807) is 6.07 Å². The van der Waals surface area contributed by atoms with Crippen LogP contribution in [0.15, 0.2) is 54.8 Å². The monoisotopic (exact) mass is 228 g/mol. The van der Waals surface area contributed by atoms with Crippen LogP contribution in [0.1, 0.15) is 0 Å². The van der Waals surface area contributed by atoms with Crippen molar-refractivity contribution in [1.82, 2.24) is 0 Å². The lowest BCUT2D eigenvalue weighted by Gasteiger charge is -2.09. The number of hydrogen-bond acceptors (Lipinski definition) is 3. The van der Waals surface area contributed by atoms with E-state index in [0.717, 1.165) is 10.8 Å². The molecule has 86 valence electrons.